The summed E-state index contributed by atoms with van der Waals surface area (Å²) in [7, 11) is 0. The Labute approximate surface area is 104 Å². The van der Waals surface area contributed by atoms with Crippen molar-refractivity contribution in [3.63, 3.8) is 0 Å². The molecule has 0 aromatic heterocycles. The Balaban J connectivity index is 2.86. The lowest BCUT2D eigenvalue weighted by molar-refractivity contribution is -0.238. The number of ether oxygens (including phenoxy) is 3. The number of hydrogen-bond acceptors (Lipinski definition) is 6. The molecule has 1 fully saturated rings. The van der Waals surface area contributed by atoms with Gasteiger partial charge in [0.05, 0.1) is 6.10 Å². The summed E-state index contributed by atoms with van der Waals surface area (Å²) in [6.45, 7) is 4.03. The second kappa shape index (κ2) is 5.66. The third kappa shape index (κ3) is 3.55. The van der Waals surface area contributed by atoms with Crippen LogP contribution in [-0.4, -0.2) is 47.0 Å². The van der Waals surface area contributed by atoms with Gasteiger partial charge in [-0.1, -0.05) is 0 Å². The smallest absolute Gasteiger partial charge is 0.303 e. The van der Waals surface area contributed by atoms with Crippen LogP contribution in [0.1, 0.15) is 20.8 Å². The van der Waals surface area contributed by atoms with Crippen molar-refractivity contribution < 1.29 is 28.9 Å². The van der Waals surface area contributed by atoms with Crippen LogP contribution in [-0.2, 0) is 23.8 Å². The summed E-state index contributed by atoms with van der Waals surface area (Å²) in [5.41, 5.74) is 0. The standard InChI is InChI=1S/C10H15ClO6/c1-4-8(16-5(2)12)9(17-6(3)13)7(11)10(14)15-4/h4,7-10,14H,1-3H3/t4-,7+,8-,9-,10+/m0/s1. The van der Waals surface area contributed by atoms with Gasteiger partial charge in [-0.05, 0) is 6.92 Å². The summed E-state index contributed by atoms with van der Waals surface area (Å²) in [6.07, 6.45) is -3.66. The Morgan fingerprint density at radius 2 is 1.65 bits per heavy atom. The first-order chi connectivity index (χ1) is 7.82. The maximum absolute atomic E-state index is 11.0. The van der Waals surface area contributed by atoms with E-state index in [-0.39, 0.29) is 0 Å². The predicted molar refractivity (Wildman–Crippen MR) is 57.3 cm³/mol. The topological polar surface area (TPSA) is 82.1 Å². The first-order valence-electron chi connectivity index (χ1n) is 5.15. The normalized spacial score (nSPS) is 37.4. The van der Waals surface area contributed by atoms with E-state index in [9.17, 15) is 14.7 Å². The van der Waals surface area contributed by atoms with Crippen molar-refractivity contribution in [2.75, 3.05) is 0 Å². The molecule has 1 aliphatic rings. The molecular weight excluding hydrogens is 252 g/mol. The highest BCUT2D eigenvalue weighted by atomic mass is 35.5. The van der Waals surface area contributed by atoms with Crippen LogP contribution >= 0.6 is 11.6 Å². The van der Waals surface area contributed by atoms with Crippen LogP contribution in [0, 0.1) is 0 Å². The van der Waals surface area contributed by atoms with Crippen molar-refractivity contribution in [1.82, 2.24) is 0 Å². The minimum Gasteiger partial charge on any atom is -0.457 e. The quantitative estimate of drug-likeness (QED) is 0.568. The molecule has 0 spiro atoms. The minimum absolute atomic E-state index is 0.539. The summed E-state index contributed by atoms with van der Waals surface area (Å²) in [5.74, 6) is -1.11. The highest BCUT2D eigenvalue weighted by molar-refractivity contribution is 6.21. The molecule has 0 aliphatic carbocycles. The highest BCUT2D eigenvalue weighted by Gasteiger charge is 2.46. The fourth-order valence-electron chi connectivity index (χ4n) is 1.66. The molecule has 17 heavy (non-hydrogen) atoms. The second-order valence-electron chi connectivity index (χ2n) is 3.82. The third-order valence-electron chi connectivity index (χ3n) is 2.33. The fourth-order valence-corrected chi connectivity index (χ4v) is 1.92. The molecule has 0 radical (unpaired) electrons. The number of halogens is 1. The number of aliphatic hydroxyl groups excluding tert-OH is 1. The van der Waals surface area contributed by atoms with Crippen LogP contribution in [0.25, 0.3) is 0 Å². The summed E-state index contributed by atoms with van der Waals surface area (Å²) >= 11 is 5.88. The predicted octanol–water partition coefficient (Wildman–Crippen LogP) is 0.194. The van der Waals surface area contributed by atoms with Gasteiger partial charge >= 0.3 is 11.9 Å². The summed E-state index contributed by atoms with van der Waals surface area (Å²) in [4.78, 5) is 21.9. The molecule has 0 aromatic rings. The van der Waals surface area contributed by atoms with Gasteiger partial charge in [0.25, 0.3) is 0 Å². The Kier molecular flexibility index (Phi) is 4.73. The SMILES string of the molecule is CC(=O)O[C@@H]1[C@@H](OC(C)=O)[C@@H](Cl)[C@H](O)O[C@H]1C. The van der Waals surface area contributed by atoms with E-state index in [1.54, 1.807) is 6.92 Å². The lowest BCUT2D eigenvalue weighted by atomic mass is 10.0. The lowest BCUT2D eigenvalue weighted by Gasteiger charge is -2.40. The Hall–Kier alpha value is -0.850. The van der Waals surface area contributed by atoms with Crippen molar-refractivity contribution in [3.8, 4) is 0 Å². The van der Waals surface area contributed by atoms with E-state index in [4.69, 9.17) is 25.8 Å². The van der Waals surface area contributed by atoms with Crippen molar-refractivity contribution in [3.05, 3.63) is 0 Å². The molecule has 98 valence electrons. The van der Waals surface area contributed by atoms with E-state index >= 15 is 0 Å². The van der Waals surface area contributed by atoms with Gasteiger partial charge in [-0.25, -0.2) is 0 Å². The number of carbonyl (C=O) groups is 2. The lowest BCUT2D eigenvalue weighted by Crippen LogP contribution is -2.57. The maximum Gasteiger partial charge on any atom is 0.303 e. The third-order valence-corrected chi connectivity index (χ3v) is 2.79. The molecule has 1 saturated heterocycles. The fraction of sp³-hybridized carbons (Fsp3) is 0.800. The Morgan fingerprint density at radius 1 is 1.18 bits per heavy atom. The number of rotatable bonds is 2. The van der Waals surface area contributed by atoms with Gasteiger partial charge < -0.3 is 19.3 Å². The average Bonchev–Trinajstić information content (AvgIpc) is 2.19. The van der Waals surface area contributed by atoms with E-state index < -0.39 is 41.9 Å². The molecule has 0 saturated carbocycles. The van der Waals surface area contributed by atoms with Crippen molar-refractivity contribution in [2.24, 2.45) is 0 Å². The first kappa shape index (κ1) is 14.2. The van der Waals surface area contributed by atoms with Crippen molar-refractivity contribution in [1.29, 1.82) is 0 Å². The monoisotopic (exact) mass is 266 g/mol. The average molecular weight is 267 g/mol. The van der Waals surface area contributed by atoms with Gasteiger partial charge in [0.1, 0.15) is 5.38 Å². The van der Waals surface area contributed by atoms with Gasteiger partial charge in [0, 0.05) is 13.8 Å². The number of hydrogen-bond donors (Lipinski definition) is 1. The van der Waals surface area contributed by atoms with Crippen molar-refractivity contribution >= 4 is 23.5 Å². The zero-order valence-electron chi connectivity index (χ0n) is 9.75. The highest BCUT2D eigenvalue weighted by Crippen LogP contribution is 2.28. The summed E-state index contributed by atoms with van der Waals surface area (Å²) < 4.78 is 15.0. The molecule has 6 nitrogen and oxygen atoms in total. The van der Waals surface area contributed by atoms with Gasteiger partial charge in [0.15, 0.2) is 18.5 Å². The van der Waals surface area contributed by atoms with Gasteiger partial charge in [-0.3, -0.25) is 9.59 Å². The van der Waals surface area contributed by atoms with Gasteiger partial charge in [-0.2, -0.15) is 0 Å². The molecule has 1 heterocycles. The Morgan fingerprint density at radius 3 is 2.12 bits per heavy atom. The van der Waals surface area contributed by atoms with Crippen LogP contribution in [0.5, 0.6) is 0 Å². The molecule has 1 rings (SSSR count). The van der Waals surface area contributed by atoms with Crippen LogP contribution in [0.4, 0.5) is 0 Å². The zero-order valence-corrected chi connectivity index (χ0v) is 10.5. The van der Waals surface area contributed by atoms with E-state index in [1.807, 2.05) is 0 Å². The molecular formula is C10H15ClO6. The first-order valence-corrected chi connectivity index (χ1v) is 5.58. The molecule has 7 heteroatoms. The van der Waals surface area contributed by atoms with E-state index in [1.165, 1.54) is 13.8 Å². The molecule has 0 unspecified atom stereocenters. The molecule has 0 bridgehead atoms. The molecule has 5 atom stereocenters. The van der Waals surface area contributed by atoms with Crippen LogP contribution < -0.4 is 0 Å². The van der Waals surface area contributed by atoms with E-state index in [0.717, 1.165) is 0 Å². The number of alkyl halides is 1. The largest absolute Gasteiger partial charge is 0.457 e. The Bertz CT molecular complexity index is 307. The minimum atomic E-state index is -1.28. The van der Waals surface area contributed by atoms with E-state index in [0.29, 0.717) is 0 Å². The molecule has 0 amide bonds. The van der Waals surface area contributed by atoms with E-state index in [2.05, 4.69) is 0 Å². The van der Waals surface area contributed by atoms with Gasteiger partial charge in [-0.15, -0.1) is 11.6 Å². The van der Waals surface area contributed by atoms with Crippen LogP contribution in [0.3, 0.4) is 0 Å². The van der Waals surface area contributed by atoms with Gasteiger partial charge in [0.2, 0.25) is 0 Å². The molecule has 0 aromatic carbocycles. The van der Waals surface area contributed by atoms with Crippen molar-refractivity contribution in [2.45, 2.75) is 50.8 Å². The number of aliphatic hydroxyl groups is 1. The van der Waals surface area contributed by atoms with Crippen LogP contribution in [0.2, 0.25) is 0 Å². The van der Waals surface area contributed by atoms with Crippen LogP contribution in [0.15, 0.2) is 0 Å². The second-order valence-corrected chi connectivity index (χ2v) is 4.33. The molecule has 1 aliphatic heterocycles. The molecule has 1 N–H and O–H groups in total. The number of esters is 2. The maximum atomic E-state index is 11.0. The zero-order chi connectivity index (χ0) is 13.2. The summed E-state index contributed by atoms with van der Waals surface area (Å²) in [6, 6.07) is 0. The summed E-state index contributed by atoms with van der Waals surface area (Å²) in [5, 5.41) is 8.51. The number of carbonyl (C=O) groups excluding carboxylic acids is 2.